The van der Waals surface area contributed by atoms with E-state index in [0.29, 0.717) is 12.4 Å². The first-order valence-corrected chi connectivity index (χ1v) is 9.78. The van der Waals surface area contributed by atoms with Gasteiger partial charge < -0.3 is 13.9 Å². The monoisotopic (exact) mass is 378 g/mol. The van der Waals surface area contributed by atoms with Crippen LogP contribution in [0.3, 0.4) is 0 Å². The van der Waals surface area contributed by atoms with Crippen molar-refractivity contribution in [3.05, 3.63) is 72.2 Å². The lowest BCUT2D eigenvalue weighted by Crippen LogP contribution is -2.31. The van der Waals surface area contributed by atoms with Gasteiger partial charge in [0, 0.05) is 30.8 Å². The van der Waals surface area contributed by atoms with Crippen molar-refractivity contribution in [2.45, 2.75) is 32.0 Å². The van der Waals surface area contributed by atoms with E-state index in [1.165, 1.54) is 0 Å². The molecule has 1 aliphatic rings. The van der Waals surface area contributed by atoms with Crippen molar-refractivity contribution in [3.63, 3.8) is 0 Å². The van der Waals surface area contributed by atoms with Crippen LogP contribution >= 0.6 is 0 Å². The second-order valence-corrected chi connectivity index (χ2v) is 7.10. The maximum Gasteiger partial charge on any atom is 0.209 e. The van der Waals surface area contributed by atoms with Crippen molar-refractivity contribution in [1.29, 1.82) is 0 Å². The standard InChI is InChI=1S/C23H26N2O3/c1-26-21-12-6-5-10-19(21)15-25(16-20-11-7-13-27-20)17-23-24-14-22(28-23)18-8-3-2-4-9-18/h2-6,8-10,12,14,20H,7,11,13,15-17H2,1H3/t20-/m0/s1. The predicted molar refractivity (Wildman–Crippen MR) is 108 cm³/mol. The van der Waals surface area contributed by atoms with Crippen LogP contribution < -0.4 is 4.74 Å². The molecule has 146 valence electrons. The van der Waals surface area contributed by atoms with Crippen molar-refractivity contribution in [3.8, 4) is 17.1 Å². The van der Waals surface area contributed by atoms with Gasteiger partial charge in [0.15, 0.2) is 5.76 Å². The lowest BCUT2D eigenvalue weighted by Gasteiger charge is -2.24. The van der Waals surface area contributed by atoms with Crippen LogP contribution in [0.1, 0.15) is 24.3 Å². The molecule has 1 aliphatic heterocycles. The summed E-state index contributed by atoms with van der Waals surface area (Å²) in [5.74, 6) is 2.41. The van der Waals surface area contributed by atoms with Crippen LogP contribution in [0, 0.1) is 0 Å². The molecule has 0 saturated carbocycles. The first-order valence-electron chi connectivity index (χ1n) is 9.78. The molecule has 2 heterocycles. The summed E-state index contributed by atoms with van der Waals surface area (Å²) in [5, 5.41) is 0. The SMILES string of the molecule is COc1ccccc1CN(Cc1ncc(-c2ccccc2)o1)C[C@@H]1CCCO1. The summed E-state index contributed by atoms with van der Waals surface area (Å²) in [6.07, 6.45) is 4.30. The van der Waals surface area contributed by atoms with Crippen LogP contribution in [-0.2, 0) is 17.8 Å². The van der Waals surface area contributed by atoms with Gasteiger partial charge in [0.1, 0.15) is 5.75 Å². The molecular formula is C23H26N2O3. The maximum absolute atomic E-state index is 6.03. The van der Waals surface area contributed by atoms with E-state index in [0.717, 1.165) is 55.2 Å². The number of aromatic nitrogens is 1. The number of para-hydroxylation sites is 1. The Labute approximate surface area is 165 Å². The minimum absolute atomic E-state index is 0.262. The van der Waals surface area contributed by atoms with Crippen LogP contribution in [0.2, 0.25) is 0 Å². The zero-order valence-corrected chi connectivity index (χ0v) is 16.2. The number of oxazole rings is 1. The lowest BCUT2D eigenvalue weighted by atomic mass is 10.1. The van der Waals surface area contributed by atoms with E-state index >= 15 is 0 Å². The van der Waals surface area contributed by atoms with Crippen molar-refractivity contribution >= 4 is 0 Å². The molecule has 1 aromatic heterocycles. The fourth-order valence-electron chi connectivity index (χ4n) is 3.65. The fourth-order valence-corrected chi connectivity index (χ4v) is 3.65. The zero-order valence-electron chi connectivity index (χ0n) is 16.2. The van der Waals surface area contributed by atoms with Gasteiger partial charge in [0.25, 0.3) is 0 Å². The van der Waals surface area contributed by atoms with E-state index in [-0.39, 0.29) is 6.10 Å². The van der Waals surface area contributed by atoms with Gasteiger partial charge in [-0.05, 0) is 18.9 Å². The number of methoxy groups -OCH3 is 1. The van der Waals surface area contributed by atoms with Crippen LogP contribution in [0.15, 0.2) is 65.2 Å². The molecule has 0 amide bonds. The normalized spacial score (nSPS) is 16.6. The highest BCUT2D eigenvalue weighted by molar-refractivity contribution is 5.55. The molecule has 0 N–H and O–H groups in total. The van der Waals surface area contributed by atoms with Gasteiger partial charge in [0.05, 0.1) is 26.0 Å². The van der Waals surface area contributed by atoms with Crippen LogP contribution in [0.25, 0.3) is 11.3 Å². The molecule has 2 aromatic carbocycles. The number of benzene rings is 2. The van der Waals surface area contributed by atoms with Gasteiger partial charge in [-0.1, -0.05) is 48.5 Å². The highest BCUT2D eigenvalue weighted by Crippen LogP contribution is 2.24. The first-order chi connectivity index (χ1) is 13.8. The quantitative estimate of drug-likeness (QED) is 0.576. The molecule has 28 heavy (non-hydrogen) atoms. The Morgan fingerprint density at radius 1 is 1.07 bits per heavy atom. The Hall–Kier alpha value is -2.63. The summed E-state index contributed by atoms with van der Waals surface area (Å²) in [5.41, 5.74) is 2.19. The van der Waals surface area contributed by atoms with Crippen LogP contribution in [0.4, 0.5) is 0 Å². The van der Waals surface area contributed by atoms with E-state index < -0.39 is 0 Å². The van der Waals surface area contributed by atoms with Crippen LogP contribution in [0.5, 0.6) is 5.75 Å². The van der Waals surface area contributed by atoms with E-state index in [9.17, 15) is 0 Å². The second kappa shape index (κ2) is 9.04. The summed E-state index contributed by atoms with van der Waals surface area (Å²) >= 11 is 0. The minimum atomic E-state index is 0.262. The van der Waals surface area contributed by atoms with Gasteiger partial charge in [-0.25, -0.2) is 4.98 Å². The molecule has 0 radical (unpaired) electrons. The largest absolute Gasteiger partial charge is 0.496 e. The molecule has 0 aliphatic carbocycles. The van der Waals surface area contributed by atoms with Crippen molar-refractivity contribution in [2.75, 3.05) is 20.3 Å². The minimum Gasteiger partial charge on any atom is -0.496 e. The summed E-state index contributed by atoms with van der Waals surface area (Å²) in [7, 11) is 1.71. The topological polar surface area (TPSA) is 47.7 Å². The highest BCUT2D eigenvalue weighted by atomic mass is 16.5. The Morgan fingerprint density at radius 3 is 2.68 bits per heavy atom. The Kier molecular flexibility index (Phi) is 6.04. The summed E-state index contributed by atoms with van der Waals surface area (Å²) in [4.78, 5) is 6.84. The molecule has 1 atom stereocenters. The summed E-state index contributed by atoms with van der Waals surface area (Å²) < 4.78 is 17.4. The third-order valence-electron chi connectivity index (χ3n) is 5.04. The van der Waals surface area contributed by atoms with E-state index in [2.05, 4.69) is 16.0 Å². The van der Waals surface area contributed by atoms with E-state index in [4.69, 9.17) is 13.9 Å². The van der Waals surface area contributed by atoms with E-state index in [1.807, 2.05) is 48.5 Å². The Bertz CT molecular complexity index is 872. The smallest absolute Gasteiger partial charge is 0.209 e. The van der Waals surface area contributed by atoms with Gasteiger partial charge >= 0.3 is 0 Å². The zero-order chi connectivity index (χ0) is 19.2. The third-order valence-corrected chi connectivity index (χ3v) is 5.04. The fraction of sp³-hybridized carbons (Fsp3) is 0.348. The molecule has 1 fully saturated rings. The number of ether oxygens (including phenoxy) is 2. The average molecular weight is 378 g/mol. The van der Waals surface area contributed by atoms with Crippen molar-refractivity contribution in [2.24, 2.45) is 0 Å². The molecule has 3 aromatic rings. The van der Waals surface area contributed by atoms with Gasteiger partial charge in [0.2, 0.25) is 5.89 Å². The van der Waals surface area contributed by atoms with E-state index in [1.54, 1.807) is 13.3 Å². The van der Waals surface area contributed by atoms with Gasteiger partial charge in [-0.15, -0.1) is 0 Å². The molecule has 0 bridgehead atoms. The van der Waals surface area contributed by atoms with Gasteiger partial charge in [-0.3, -0.25) is 4.90 Å². The number of nitrogens with zero attached hydrogens (tertiary/aromatic N) is 2. The summed E-state index contributed by atoms with van der Waals surface area (Å²) in [6.45, 7) is 3.09. The molecule has 4 rings (SSSR count). The molecular weight excluding hydrogens is 352 g/mol. The van der Waals surface area contributed by atoms with Crippen molar-refractivity contribution < 1.29 is 13.9 Å². The molecule has 0 unspecified atom stereocenters. The molecule has 0 spiro atoms. The van der Waals surface area contributed by atoms with Crippen LogP contribution in [-0.4, -0.2) is 36.2 Å². The Balaban J connectivity index is 1.51. The number of hydrogen-bond acceptors (Lipinski definition) is 5. The van der Waals surface area contributed by atoms with Gasteiger partial charge in [-0.2, -0.15) is 0 Å². The third kappa shape index (κ3) is 4.61. The molecule has 5 nitrogen and oxygen atoms in total. The van der Waals surface area contributed by atoms with Crippen molar-refractivity contribution in [1.82, 2.24) is 9.88 Å². The number of rotatable bonds is 8. The summed E-state index contributed by atoms with van der Waals surface area (Å²) in [6, 6.07) is 18.2. The highest BCUT2D eigenvalue weighted by Gasteiger charge is 2.22. The maximum atomic E-state index is 6.03. The predicted octanol–water partition coefficient (Wildman–Crippen LogP) is 4.53. The second-order valence-electron chi connectivity index (χ2n) is 7.10. The number of hydrogen-bond donors (Lipinski definition) is 0. The Morgan fingerprint density at radius 2 is 1.89 bits per heavy atom. The average Bonchev–Trinajstić information content (AvgIpc) is 3.41. The first kappa shape index (κ1) is 18.7. The lowest BCUT2D eigenvalue weighted by molar-refractivity contribution is 0.0646. The molecule has 5 heteroatoms. The molecule has 1 saturated heterocycles.